The van der Waals surface area contributed by atoms with E-state index in [4.69, 9.17) is 11.6 Å². The molecule has 1 N–H and O–H groups in total. The Balaban J connectivity index is 2.82. The van der Waals surface area contributed by atoms with Gasteiger partial charge < -0.3 is 5.32 Å². The zero-order valence-electron chi connectivity index (χ0n) is 10.8. The van der Waals surface area contributed by atoms with E-state index in [-0.39, 0.29) is 0 Å². The SMILES string of the molecule is CCC(CC)CC(NC)c1ccc(I)c(Cl)c1. The molecular weight excluding hydrogens is 345 g/mol. The summed E-state index contributed by atoms with van der Waals surface area (Å²) >= 11 is 8.45. The van der Waals surface area contributed by atoms with Crippen molar-refractivity contribution in [2.24, 2.45) is 5.92 Å². The number of rotatable bonds is 6. The van der Waals surface area contributed by atoms with Crippen LogP contribution in [0.2, 0.25) is 5.02 Å². The fourth-order valence-corrected chi connectivity index (χ4v) is 2.63. The molecule has 3 heteroatoms. The van der Waals surface area contributed by atoms with Crippen LogP contribution in [0.4, 0.5) is 0 Å². The van der Waals surface area contributed by atoms with E-state index in [1.54, 1.807) is 0 Å². The maximum Gasteiger partial charge on any atom is 0.0542 e. The first-order valence-corrected chi connectivity index (χ1v) is 7.70. The van der Waals surface area contributed by atoms with Crippen molar-refractivity contribution in [3.05, 3.63) is 32.4 Å². The Labute approximate surface area is 123 Å². The minimum atomic E-state index is 0.411. The lowest BCUT2D eigenvalue weighted by atomic mass is 9.91. The van der Waals surface area contributed by atoms with Gasteiger partial charge in [0.25, 0.3) is 0 Å². The molecule has 0 aliphatic heterocycles. The topological polar surface area (TPSA) is 12.0 Å². The molecule has 1 unspecified atom stereocenters. The van der Waals surface area contributed by atoms with E-state index in [1.165, 1.54) is 24.8 Å². The molecule has 96 valence electrons. The summed E-state index contributed by atoms with van der Waals surface area (Å²) in [5.41, 5.74) is 1.30. The highest BCUT2D eigenvalue weighted by molar-refractivity contribution is 14.1. The van der Waals surface area contributed by atoms with Crippen molar-refractivity contribution in [1.29, 1.82) is 0 Å². The lowest BCUT2D eigenvalue weighted by molar-refractivity contribution is 0.385. The first-order valence-electron chi connectivity index (χ1n) is 6.24. The lowest BCUT2D eigenvalue weighted by Gasteiger charge is -2.22. The molecule has 1 nitrogen and oxygen atoms in total. The molecule has 1 atom stereocenters. The average molecular weight is 366 g/mol. The van der Waals surface area contributed by atoms with Gasteiger partial charge >= 0.3 is 0 Å². The van der Waals surface area contributed by atoms with Crippen molar-refractivity contribution in [1.82, 2.24) is 5.32 Å². The van der Waals surface area contributed by atoms with E-state index in [9.17, 15) is 0 Å². The second-order valence-electron chi connectivity index (χ2n) is 4.43. The van der Waals surface area contributed by atoms with Crippen LogP contribution >= 0.6 is 34.2 Å². The van der Waals surface area contributed by atoms with E-state index in [1.807, 2.05) is 7.05 Å². The molecule has 0 saturated carbocycles. The van der Waals surface area contributed by atoms with Gasteiger partial charge in [-0.1, -0.05) is 44.4 Å². The Morgan fingerprint density at radius 1 is 1.29 bits per heavy atom. The third kappa shape index (κ3) is 4.42. The Bertz CT molecular complexity index is 350. The lowest BCUT2D eigenvalue weighted by Crippen LogP contribution is -2.19. The van der Waals surface area contributed by atoms with Crippen LogP contribution in [0, 0.1) is 9.49 Å². The van der Waals surface area contributed by atoms with Gasteiger partial charge in [0, 0.05) is 9.61 Å². The van der Waals surface area contributed by atoms with Gasteiger partial charge in [-0.25, -0.2) is 0 Å². The largest absolute Gasteiger partial charge is 0.313 e. The molecular formula is C14H21ClIN. The third-order valence-electron chi connectivity index (χ3n) is 3.42. The van der Waals surface area contributed by atoms with Gasteiger partial charge in [0.05, 0.1) is 5.02 Å². The molecule has 0 bridgehead atoms. The second-order valence-corrected chi connectivity index (χ2v) is 6.00. The van der Waals surface area contributed by atoms with Crippen molar-refractivity contribution in [2.75, 3.05) is 7.05 Å². The van der Waals surface area contributed by atoms with Crippen LogP contribution in [0.15, 0.2) is 18.2 Å². The first kappa shape index (κ1) is 15.3. The van der Waals surface area contributed by atoms with E-state index in [0.717, 1.165) is 14.5 Å². The molecule has 0 aliphatic rings. The molecule has 1 rings (SSSR count). The standard InChI is InChI=1S/C14H21ClIN/c1-4-10(5-2)8-14(17-3)11-6-7-13(16)12(15)9-11/h6-7,9-10,14,17H,4-5,8H2,1-3H3. The van der Waals surface area contributed by atoms with Crippen molar-refractivity contribution in [3.63, 3.8) is 0 Å². The zero-order chi connectivity index (χ0) is 12.8. The van der Waals surface area contributed by atoms with E-state index in [2.05, 4.69) is 60.0 Å². The van der Waals surface area contributed by atoms with Gasteiger partial charge in [-0.2, -0.15) is 0 Å². The quantitative estimate of drug-likeness (QED) is 0.697. The normalized spacial score (nSPS) is 13.1. The van der Waals surface area contributed by atoms with Crippen LogP contribution in [-0.4, -0.2) is 7.05 Å². The van der Waals surface area contributed by atoms with Gasteiger partial charge in [0.2, 0.25) is 0 Å². The van der Waals surface area contributed by atoms with Crippen molar-refractivity contribution < 1.29 is 0 Å². The molecule has 1 aromatic carbocycles. The van der Waals surface area contributed by atoms with Gasteiger partial charge in [-0.3, -0.25) is 0 Å². The molecule has 0 aliphatic carbocycles. The van der Waals surface area contributed by atoms with E-state index < -0.39 is 0 Å². The average Bonchev–Trinajstić information content (AvgIpc) is 2.35. The van der Waals surface area contributed by atoms with Crippen LogP contribution in [0.25, 0.3) is 0 Å². The Hall–Kier alpha value is 0.200. The molecule has 0 heterocycles. The van der Waals surface area contributed by atoms with E-state index in [0.29, 0.717) is 6.04 Å². The van der Waals surface area contributed by atoms with Crippen molar-refractivity contribution in [2.45, 2.75) is 39.2 Å². The Kier molecular flexibility index (Phi) is 6.82. The van der Waals surface area contributed by atoms with Gasteiger partial charge in [0.1, 0.15) is 0 Å². The van der Waals surface area contributed by atoms with Crippen LogP contribution < -0.4 is 5.32 Å². The molecule has 0 aromatic heterocycles. The van der Waals surface area contributed by atoms with Crippen LogP contribution in [0.1, 0.15) is 44.7 Å². The number of nitrogens with one attached hydrogen (secondary N) is 1. The summed E-state index contributed by atoms with van der Waals surface area (Å²) in [5.74, 6) is 0.783. The second kappa shape index (κ2) is 7.59. The van der Waals surface area contributed by atoms with Gasteiger partial charge in [-0.05, 0) is 59.7 Å². The van der Waals surface area contributed by atoms with Crippen molar-refractivity contribution >= 4 is 34.2 Å². The zero-order valence-corrected chi connectivity index (χ0v) is 13.7. The minimum absolute atomic E-state index is 0.411. The highest BCUT2D eigenvalue weighted by Gasteiger charge is 2.15. The van der Waals surface area contributed by atoms with Crippen molar-refractivity contribution in [3.8, 4) is 0 Å². The molecule has 17 heavy (non-hydrogen) atoms. The fraction of sp³-hybridized carbons (Fsp3) is 0.571. The first-order chi connectivity index (χ1) is 8.12. The van der Waals surface area contributed by atoms with Gasteiger partial charge in [0.15, 0.2) is 0 Å². The number of benzene rings is 1. The summed E-state index contributed by atoms with van der Waals surface area (Å²) < 4.78 is 1.12. The molecule has 0 amide bonds. The summed E-state index contributed by atoms with van der Waals surface area (Å²) in [6, 6.07) is 6.77. The minimum Gasteiger partial charge on any atom is -0.313 e. The monoisotopic (exact) mass is 365 g/mol. The van der Waals surface area contributed by atoms with Crippen LogP contribution in [-0.2, 0) is 0 Å². The Morgan fingerprint density at radius 3 is 2.41 bits per heavy atom. The maximum atomic E-state index is 6.18. The van der Waals surface area contributed by atoms with Crippen LogP contribution in [0.5, 0.6) is 0 Å². The van der Waals surface area contributed by atoms with Gasteiger partial charge in [-0.15, -0.1) is 0 Å². The predicted octanol–water partition coefficient (Wildman–Crippen LogP) is 5.03. The molecule has 0 fully saturated rings. The fourth-order valence-electron chi connectivity index (χ4n) is 2.11. The highest BCUT2D eigenvalue weighted by atomic mass is 127. The smallest absolute Gasteiger partial charge is 0.0542 e. The summed E-state index contributed by atoms with van der Waals surface area (Å²) in [5, 5.41) is 4.26. The summed E-state index contributed by atoms with van der Waals surface area (Å²) in [6.07, 6.45) is 3.67. The molecule has 1 aromatic rings. The summed E-state index contributed by atoms with van der Waals surface area (Å²) in [6.45, 7) is 4.53. The molecule has 0 radical (unpaired) electrons. The number of hydrogen-bond acceptors (Lipinski definition) is 1. The summed E-state index contributed by atoms with van der Waals surface area (Å²) in [7, 11) is 2.03. The number of hydrogen-bond donors (Lipinski definition) is 1. The maximum absolute atomic E-state index is 6.18. The number of halogens is 2. The summed E-state index contributed by atoms with van der Waals surface area (Å²) in [4.78, 5) is 0. The highest BCUT2D eigenvalue weighted by Crippen LogP contribution is 2.28. The van der Waals surface area contributed by atoms with E-state index >= 15 is 0 Å². The Morgan fingerprint density at radius 2 is 1.94 bits per heavy atom. The molecule has 0 spiro atoms. The van der Waals surface area contributed by atoms with Crippen LogP contribution in [0.3, 0.4) is 0 Å². The predicted molar refractivity (Wildman–Crippen MR) is 84.7 cm³/mol. The third-order valence-corrected chi connectivity index (χ3v) is 4.99. The molecule has 0 saturated heterocycles.